The monoisotopic (exact) mass is 296 g/mol. The Balaban J connectivity index is 2.28. The van der Waals surface area contributed by atoms with Gasteiger partial charge in [0, 0.05) is 12.7 Å². The smallest absolute Gasteiger partial charge is 0.194 e. The van der Waals surface area contributed by atoms with Crippen LogP contribution in [0.2, 0.25) is 5.02 Å². The number of ether oxygens (including phenoxy) is 1. The Kier molecular flexibility index (Phi) is 4.81. The van der Waals surface area contributed by atoms with Crippen molar-refractivity contribution in [3.8, 4) is 5.75 Å². The fourth-order valence-electron chi connectivity index (χ4n) is 1.43. The zero-order valence-electron chi connectivity index (χ0n) is 10.6. The zero-order chi connectivity index (χ0) is 13.7. The Morgan fingerprint density at radius 2 is 2.16 bits per heavy atom. The van der Waals surface area contributed by atoms with Gasteiger partial charge in [-0.2, -0.15) is 0 Å². The first kappa shape index (κ1) is 13.9. The molecule has 1 N–H and O–H groups in total. The standard InChI is InChI=1S/C12H13ClN4OS/c1-3-14-11-10(18-2)12(17-7-16-11)19-9-5-4-8(13)6-15-9/h4-7H,3H2,1-2H3,(H,14,16,17). The first-order valence-corrected chi connectivity index (χ1v) is 6.86. The van der Waals surface area contributed by atoms with E-state index in [4.69, 9.17) is 16.3 Å². The van der Waals surface area contributed by atoms with E-state index < -0.39 is 0 Å². The molecule has 0 saturated carbocycles. The van der Waals surface area contributed by atoms with E-state index in [9.17, 15) is 0 Å². The average molecular weight is 297 g/mol. The maximum atomic E-state index is 5.81. The van der Waals surface area contributed by atoms with Crippen LogP contribution < -0.4 is 10.1 Å². The van der Waals surface area contributed by atoms with Crippen LogP contribution in [0.25, 0.3) is 0 Å². The van der Waals surface area contributed by atoms with E-state index in [-0.39, 0.29) is 0 Å². The first-order valence-electron chi connectivity index (χ1n) is 5.67. The summed E-state index contributed by atoms with van der Waals surface area (Å²) in [5, 5.41) is 5.24. The molecule has 2 aromatic heterocycles. The van der Waals surface area contributed by atoms with Crippen molar-refractivity contribution in [3.63, 3.8) is 0 Å². The van der Waals surface area contributed by atoms with E-state index in [1.54, 1.807) is 19.4 Å². The summed E-state index contributed by atoms with van der Waals surface area (Å²) in [4.78, 5) is 12.6. The predicted molar refractivity (Wildman–Crippen MR) is 76.1 cm³/mol. The minimum Gasteiger partial charge on any atom is -0.490 e. The van der Waals surface area contributed by atoms with Crippen LogP contribution in [0.5, 0.6) is 5.75 Å². The molecule has 19 heavy (non-hydrogen) atoms. The predicted octanol–water partition coefficient (Wildman–Crippen LogP) is 3.12. The SMILES string of the molecule is CCNc1ncnc(Sc2ccc(Cl)cn2)c1OC. The van der Waals surface area contributed by atoms with Gasteiger partial charge in [-0.3, -0.25) is 0 Å². The summed E-state index contributed by atoms with van der Waals surface area (Å²) in [6.07, 6.45) is 3.10. The van der Waals surface area contributed by atoms with E-state index >= 15 is 0 Å². The molecule has 0 aromatic carbocycles. The lowest BCUT2D eigenvalue weighted by molar-refractivity contribution is 0.400. The first-order chi connectivity index (χ1) is 9.24. The molecule has 100 valence electrons. The fraction of sp³-hybridized carbons (Fsp3) is 0.250. The van der Waals surface area contributed by atoms with Crippen molar-refractivity contribution >= 4 is 29.2 Å². The molecule has 0 radical (unpaired) electrons. The normalized spacial score (nSPS) is 10.3. The Hall–Kier alpha value is -1.53. The van der Waals surface area contributed by atoms with E-state index in [0.29, 0.717) is 21.6 Å². The topological polar surface area (TPSA) is 59.9 Å². The average Bonchev–Trinajstić information content (AvgIpc) is 2.42. The number of nitrogens with zero attached hydrogens (tertiary/aromatic N) is 3. The molecule has 2 aromatic rings. The maximum absolute atomic E-state index is 5.81. The highest BCUT2D eigenvalue weighted by molar-refractivity contribution is 7.99. The van der Waals surface area contributed by atoms with Gasteiger partial charge >= 0.3 is 0 Å². The highest BCUT2D eigenvalue weighted by Gasteiger charge is 2.13. The lowest BCUT2D eigenvalue weighted by Gasteiger charge is -2.11. The van der Waals surface area contributed by atoms with Gasteiger partial charge in [-0.05, 0) is 30.8 Å². The molecule has 0 unspecified atom stereocenters. The Bertz CT molecular complexity index is 550. The largest absolute Gasteiger partial charge is 0.490 e. The minimum absolute atomic E-state index is 0.604. The molecule has 0 aliphatic carbocycles. The number of halogens is 1. The lowest BCUT2D eigenvalue weighted by Crippen LogP contribution is -2.03. The number of hydrogen-bond acceptors (Lipinski definition) is 6. The molecule has 5 nitrogen and oxygen atoms in total. The van der Waals surface area contributed by atoms with E-state index in [2.05, 4.69) is 20.3 Å². The molecule has 0 aliphatic heterocycles. The Morgan fingerprint density at radius 1 is 1.32 bits per heavy atom. The number of pyridine rings is 1. The molecular weight excluding hydrogens is 284 g/mol. The maximum Gasteiger partial charge on any atom is 0.194 e. The van der Waals surface area contributed by atoms with Gasteiger partial charge in [-0.1, -0.05) is 11.6 Å². The molecule has 2 heterocycles. The Labute approximate surface area is 120 Å². The number of methoxy groups -OCH3 is 1. The molecule has 0 atom stereocenters. The summed E-state index contributed by atoms with van der Waals surface area (Å²) >= 11 is 7.21. The van der Waals surface area contributed by atoms with Crippen LogP contribution in [0.4, 0.5) is 5.82 Å². The van der Waals surface area contributed by atoms with Crippen molar-refractivity contribution in [2.75, 3.05) is 19.0 Å². The summed E-state index contributed by atoms with van der Waals surface area (Å²) < 4.78 is 5.36. The van der Waals surface area contributed by atoms with Crippen LogP contribution in [-0.4, -0.2) is 28.6 Å². The summed E-state index contributed by atoms with van der Waals surface area (Å²) in [5.41, 5.74) is 0. The van der Waals surface area contributed by atoms with Gasteiger partial charge in [0.25, 0.3) is 0 Å². The van der Waals surface area contributed by atoms with E-state index in [1.807, 2.05) is 13.0 Å². The van der Waals surface area contributed by atoms with Crippen molar-refractivity contribution in [2.24, 2.45) is 0 Å². The second kappa shape index (κ2) is 6.58. The number of nitrogens with one attached hydrogen (secondary N) is 1. The van der Waals surface area contributed by atoms with Crippen LogP contribution in [0.1, 0.15) is 6.92 Å². The van der Waals surface area contributed by atoms with E-state index in [0.717, 1.165) is 11.6 Å². The highest BCUT2D eigenvalue weighted by Crippen LogP contribution is 2.35. The second-order valence-electron chi connectivity index (χ2n) is 3.51. The van der Waals surface area contributed by atoms with Crippen LogP contribution in [0.15, 0.2) is 34.7 Å². The van der Waals surface area contributed by atoms with Gasteiger partial charge in [-0.25, -0.2) is 15.0 Å². The molecule has 0 aliphatic rings. The molecular formula is C12H13ClN4OS. The van der Waals surface area contributed by atoms with Gasteiger partial charge in [-0.15, -0.1) is 0 Å². The zero-order valence-corrected chi connectivity index (χ0v) is 12.1. The van der Waals surface area contributed by atoms with Crippen molar-refractivity contribution in [2.45, 2.75) is 17.0 Å². The minimum atomic E-state index is 0.604. The van der Waals surface area contributed by atoms with Crippen molar-refractivity contribution in [3.05, 3.63) is 29.7 Å². The van der Waals surface area contributed by atoms with E-state index in [1.165, 1.54) is 18.1 Å². The van der Waals surface area contributed by atoms with Crippen LogP contribution in [0, 0.1) is 0 Å². The third-order valence-corrected chi connectivity index (χ3v) is 3.38. The van der Waals surface area contributed by atoms with Gasteiger partial charge in [0.05, 0.1) is 12.1 Å². The molecule has 0 amide bonds. The second-order valence-corrected chi connectivity index (χ2v) is 4.95. The third kappa shape index (κ3) is 3.48. The van der Waals surface area contributed by atoms with Crippen LogP contribution in [-0.2, 0) is 0 Å². The lowest BCUT2D eigenvalue weighted by atomic mass is 10.5. The number of anilines is 1. The van der Waals surface area contributed by atoms with Gasteiger partial charge in [0.1, 0.15) is 16.4 Å². The summed E-state index contributed by atoms with van der Waals surface area (Å²) in [6, 6.07) is 3.62. The molecule has 0 bridgehead atoms. The fourth-order valence-corrected chi connectivity index (χ4v) is 2.35. The molecule has 2 rings (SSSR count). The highest BCUT2D eigenvalue weighted by atomic mass is 35.5. The van der Waals surface area contributed by atoms with Crippen LogP contribution in [0.3, 0.4) is 0 Å². The molecule has 0 saturated heterocycles. The van der Waals surface area contributed by atoms with Crippen molar-refractivity contribution < 1.29 is 4.74 Å². The molecule has 0 fully saturated rings. The van der Waals surface area contributed by atoms with Crippen molar-refractivity contribution in [1.29, 1.82) is 0 Å². The Morgan fingerprint density at radius 3 is 2.79 bits per heavy atom. The molecule has 7 heteroatoms. The summed E-state index contributed by atoms with van der Waals surface area (Å²) in [5.74, 6) is 1.29. The quantitative estimate of drug-likeness (QED) is 0.856. The van der Waals surface area contributed by atoms with Crippen molar-refractivity contribution in [1.82, 2.24) is 15.0 Å². The number of hydrogen-bond donors (Lipinski definition) is 1. The molecule has 0 spiro atoms. The van der Waals surface area contributed by atoms with Gasteiger partial charge in [0.15, 0.2) is 11.6 Å². The number of rotatable bonds is 5. The third-order valence-electron chi connectivity index (χ3n) is 2.22. The van der Waals surface area contributed by atoms with Crippen LogP contribution >= 0.6 is 23.4 Å². The van der Waals surface area contributed by atoms with Gasteiger partial charge < -0.3 is 10.1 Å². The van der Waals surface area contributed by atoms with Gasteiger partial charge in [0.2, 0.25) is 0 Å². The summed E-state index contributed by atoms with van der Waals surface area (Å²) in [6.45, 7) is 2.76. The summed E-state index contributed by atoms with van der Waals surface area (Å²) in [7, 11) is 1.60. The number of aromatic nitrogens is 3.